The van der Waals surface area contributed by atoms with Gasteiger partial charge < -0.3 is 10.2 Å². The van der Waals surface area contributed by atoms with Crippen LogP contribution in [0.2, 0.25) is 0 Å². The molecule has 116 valence electrons. The van der Waals surface area contributed by atoms with E-state index in [2.05, 4.69) is 33.4 Å². The normalized spacial score (nSPS) is 10.6. The van der Waals surface area contributed by atoms with Crippen molar-refractivity contribution in [2.75, 3.05) is 24.3 Å². The molecule has 0 radical (unpaired) electrons. The highest BCUT2D eigenvalue weighted by atomic mass is 79.9. The monoisotopic (exact) mass is 369 g/mol. The van der Waals surface area contributed by atoms with E-state index in [4.69, 9.17) is 0 Å². The van der Waals surface area contributed by atoms with Crippen LogP contribution in [0.4, 0.5) is 11.4 Å². The molecule has 0 fully saturated rings. The third-order valence-electron chi connectivity index (χ3n) is 3.91. The van der Waals surface area contributed by atoms with Gasteiger partial charge in [0.25, 0.3) is 5.91 Å². The minimum Gasteiger partial charge on any atom is -0.388 e. The van der Waals surface area contributed by atoms with E-state index < -0.39 is 0 Å². The van der Waals surface area contributed by atoms with E-state index in [0.717, 1.165) is 26.6 Å². The van der Waals surface area contributed by atoms with E-state index in [1.807, 2.05) is 62.6 Å². The highest BCUT2D eigenvalue weighted by molar-refractivity contribution is 9.10. The molecule has 3 aromatic carbocycles. The van der Waals surface area contributed by atoms with Crippen molar-refractivity contribution in [2.24, 2.45) is 0 Å². The number of amides is 1. The molecule has 3 rings (SSSR count). The number of nitrogens with one attached hydrogen (secondary N) is 1. The molecule has 3 aromatic rings. The molecule has 0 atom stereocenters. The molecule has 0 aliphatic heterocycles. The number of carbonyl (C=O) groups excluding carboxylic acids is 1. The number of rotatable bonds is 3. The van der Waals surface area contributed by atoms with E-state index in [9.17, 15) is 4.79 Å². The van der Waals surface area contributed by atoms with E-state index in [1.165, 1.54) is 0 Å². The fourth-order valence-corrected chi connectivity index (χ4v) is 2.97. The van der Waals surface area contributed by atoms with Crippen LogP contribution in [0.1, 0.15) is 10.4 Å². The average Bonchev–Trinajstić information content (AvgIpc) is 2.60. The zero-order valence-electron chi connectivity index (χ0n) is 13.0. The summed E-state index contributed by atoms with van der Waals surface area (Å²) in [5.74, 6) is -0.0316. The van der Waals surface area contributed by atoms with Gasteiger partial charge >= 0.3 is 0 Å². The first-order valence-corrected chi connectivity index (χ1v) is 8.14. The lowest BCUT2D eigenvalue weighted by Gasteiger charge is -2.21. The fraction of sp³-hybridized carbons (Fsp3) is 0.105. The maximum atomic E-state index is 12.8. The van der Waals surface area contributed by atoms with Crippen LogP contribution in [0.3, 0.4) is 0 Å². The molecule has 0 saturated heterocycles. The Bertz CT molecular complexity index is 854. The van der Waals surface area contributed by atoms with Gasteiger partial charge in [-0.15, -0.1) is 0 Å². The number of anilines is 2. The zero-order chi connectivity index (χ0) is 16.4. The van der Waals surface area contributed by atoms with Gasteiger partial charge in [0.15, 0.2) is 0 Å². The van der Waals surface area contributed by atoms with Crippen molar-refractivity contribution in [1.29, 1.82) is 0 Å². The van der Waals surface area contributed by atoms with Crippen molar-refractivity contribution in [3.05, 3.63) is 70.7 Å². The largest absolute Gasteiger partial charge is 0.388 e. The maximum Gasteiger partial charge on any atom is 0.258 e. The molecular weight excluding hydrogens is 353 g/mol. The highest BCUT2D eigenvalue weighted by Crippen LogP contribution is 2.33. The SMILES string of the molecule is CNc1cccc2cccc(N(C)[13C](=O)c3ccc(Br)cc3)c12. The summed E-state index contributed by atoms with van der Waals surface area (Å²) in [5, 5.41) is 5.36. The van der Waals surface area contributed by atoms with E-state index in [0.29, 0.717) is 5.56 Å². The van der Waals surface area contributed by atoms with Crippen molar-refractivity contribution in [3.63, 3.8) is 0 Å². The second-order valence-electron chi connectivity index (χ2n) is 5.30. The van der Waals surface area contributed by atoms with Crippen LogP contribution in [0.25, 0.3) is 10.8 Å². The zero-order valence-corrected chi connectivity index (χ0v) is 14.6. The van der Waals surface area contributed by atoms with Crippen LogP contribution in [0.15, 0.2) is 65.1 Å². The van der Waals surface area contributed by atoms with Crippen LogP contribution in [-0.4, -0.2) is 20.0 Å². The Morgan fingerprint density at radius 1 is 1.00 bits per heavy atom. The Balaban J connectivity index is 2.09. The van der Waals surface area contributed by atoms with Crippen LogP contribution in [0, 0.1) is 0 Å². The number of nitrogens with zero attached hydrogens (tertiary/aromatic N) is 1. The molecule has 0 unspecified atom stereocenters. The first-order chi connectivity index (χ1) is 11.1. The van der Waals surface area contributed by atoms with Crippen LogP contribution in [-0.2, 0) is 0 Å². The number of halogens is 1. The Kier molecular flexibility index (Phi) is 4.35. The minimum absolute atomic E-state index is 0.0316. The summed E-state index contributed by atoms with van der Waals surface area (Å²) >= 11 is 3.39. The van der Waals surface area contributed by atoms with Crippen molar-refractivity contribution in [1.82, 2.24) is 0 Å². The number of fused-ring (bicyclic) bond motifs is 1. The topological polar surface area (TPSA) is 32.3 Å². The summed E-state index contributed by atoms with van der Waals surface area (Å²) in [6.07, 6.45) is 0. The Labute approximate surface area is 144 Å². The van der Waals surface area contributed by atoms with Crippen molar-refractivity contribution in [3.8, 4) is 0 Å². The Morgan fingerprint density at radius 3 is 2.30 bits per heavy atom. The molecule has 3 nitrogen and oxygen atoms in total. The first kappa shape index (κ1) is 15.6. The van der Waals surface area contributed by atoms with Crippen LogP contribution in [0.5, 0.6) is 0 Å². The van der Waals surface area contributed by atoms with Crippen LogP contribution < -0.4 is 10.2 Å². The third kappa shape index (κ3) is 2.94. The Hall–Kier alpha value is -2.33. The summed E-state index contributed by atoms with van der Waals surface area (Å²) in [6.45, 7) is 0. The molecule has 23 heavy (non-hydrogen) atoms. The van der Waals surface area contributed by atoms with Gasteiger partial charge in [0, 0.05) is 35.2 Å². The first-order valence-electron chi connectivity index (χ1n) is 7.35. The second-order valence-corrected chi connectivity index (χ2v) is 6.22. The lowest BCUT2D eigenvalue weighted by atomic mass is 10.1. The Morgan fingerprint density at radius 2 is 1.65 bits per heavy atom. The predicted octanol–water partition coefficient (Wildman–Crippen LogP) is 4.92. The standard InChI is InChI=1S/C19H17BrN2O/c1-21-16-7-3-5-13-6-4-8-17(18(13)16)22(2)19(23)14-9-11-15(20)12-10-14/h3-12,21H,1-2H3/i19+1. The summed E-state index contributed by atoms with van der Waals surface area (Å²) in [5.41, 5.74) is 2.56. The van der Waals surface area contributed by atoms with E-state index in [1.54, 1.807) is 4.90 Å². The number of hydrogen-bond donors (Lipinski definition) is 1. The van der Waals surface area contributed by atoms with E-state index >= 15 is 0 Å². The summed E-state index contributed by atoms with van der Waals surface area (Å²) in [6, 6.07) is 19.5. The summed E-state index contributed by atoms with van der Waals surface area (Å²) < 4.78 is 0.958. The van der Waals surface area contributed by atoms with Gasteiger partial charge in [-0.2, -0.15) is 0 Å². The molecule has 0 aliphatic rings. The predicted molar refractivity (Wildman–Crippen MR) is 100 cm³/mol. The molecule has 0 spiro atoms. The van der Waals surface area contributed by atoms with Crippen molar-refractivity contribution < 1.29 is 4.79 Å². The molecule has 0 aromatic heterocycles. The number of hydrogen-bond acceptors (Lipinski definition) is 2. The molecule has 4 heteroatoms. The second kappa shape index (κ2) is 6.42. The fourth-order valence-electron chi connectivity index (χ4n) is 2.70. The smallest absolute Gasteiger partial charge is 0.258 e. The van der Waals surface area contributed by atoms with Gasteiger partial charge in [-0.1, -0.05) is 40.2 Å². The number of carbonyl (C=O) groups is 1. The van der Waals surface area contributed by atoms with Gasteiger partial charge in [0.2, 0.25) is 0 Å². The van der Waals surface area contributed by atoms with Gasteiger partial charge in [-0.3, -0.25) is 4.79 Å². The molecule has 1 N–H and O–H groups in total. The van der Waals surface area contributed by atoms with Gasteiger partial charge in [0.05, 0.1) is 5.69 Å². The van der Waals surface area contributed by atoms with Crippen LogP contribution >= 0.6 is 15.9 Å². The average molecular weight is 370 g/mol. The minimum atomic E-state index is -0.0316. The van der Waals surface area contributed by atoms with Gasteiger partial charge in [-0.05, 0) is 41.8 Å². The number of benzene rings is 3. The molecule has 0 aliphatic carbocycles. The lowest BCUT2D eigenvalue weighted by Crippen LogP contribution is -2.26. The van der Waals surface area contributed by atoms with E-state index in [-0.39, 0.29) is 5.91 Å². The molecule has 1 amide bonds. The summed E-state index contributed by atoms with van der Waals surface area (Å²) in [4.78, 5) is 14.5. The molecule has 0 heterocycles. The summed E-state index contributed by atoms with van der Waals surface area (Å²) in [7, 11) is 3.70. The highest BCUT2D eigenvalue weighted by Gasteiger charge is 2.16. The van der Waals surface area contributed by atoms with Gasteiger partial charge in [0.1, 0.15) is 0 Å². The third-order valence-corrected chi connectivity index (χ3v) is 4.44. The molecule has 0 bridgehead atoms. The maximum absolute atomic E-state index is 12.8. The molecular formula is C19H17BrN2O. The van der Waals surface area contributed by atoms with Crippen molar-refractivity contribution >= 4 is 44.0 Å². The van der Waals surface area contributed by atoms with Crippen molar-refractivity contribution in [2.45, 2.75) is 0 Å². The lowest BCUT2D eigenvalue weighted by molar-refractivity contribution is 0.0993. The molecule has 0 saturated carbocycles. The van der Waals surface area contributed by atoms with Gasteiger partial charge in [-0.25, -0.2) is 0 Å². The quantitative estimate of drug-likeness (QED) is 0.664.